The van der Waals surface area contributed by atoms with Crippen molar-refractivity contribution in [1.29, 1.82) is 0 Å². The summed E-state index contributed by atoms with van der Waals surface area (Å²) in [5.74, 6) is -2.91. The third-order valence-corrected chi connectivity index (χ3v) is 5.74. The van der Waals surface area contributed by atoms with Crippen LogP contribution in [-0.4, -0.2) is 23.2 Å². The van der Waals surface area contributed by atoms with Crippen LogP contribution in [0.4, 0.5) is 27.6 Å². The Kier molecular flexibility index (Phi) is 6.19. The van der Waals surface area contributed by atoms with E-state index < -0.39 is 40.7 Å². The van der Waals surface area contributed by atoms with Crippen molar-refractivity contribution >= 4 is 22.3 Å². The Morgan fingerprint density at radius 3 is 2.70 bits per heavy atom. The first-order valence-electron chi connectivity index (χ1n) is 8.43. The zero-order valence-electron chi connectivity index (χ0n) is 15.0. The predicted molar refractivity (Wildman–Crippen MR) is 97.6 cm³/mol. The van der Waals surface area contributed by atoms with Crippen molar-refractivity contribution in [3.63, 3.8) is 0 Å². The van der Waals surface area contributed by atoms with Crippen LogP contribution in [0, 0.1) is 12.4 Å². The summed E-state index contributed by atoms with van der Waals surface area (Å²) in [5, 5.41) is 10.3. The fourth-order valence-corrected chi connectivity index (χ4v) is 4.36. The van der Waals surface area contributed by atoms with Crippen LogP contribution < -0.4 is 4.74 Å². The first-order chi connectivity index (χ1) is 14.1. The Balaban J connectivity index is 2.05. The number of amides is 1. The molecule has 0 fully saturated rings. The number of ether oxygens (including phenoxy) is 1. The van der Waals surface area contributed by atoms with Gasteiger partial charge in [-0.1, -0.05) is 0 Å². The number of carbonyl (C=O) groups excluding carboxylic acids is 1. The summed E-state index contributed by atoms with van der Waals surface area (Å²) in [5.41, 5.74) is 0.546. The molecular formula is C19H13F5N2O3S. The molecule has 2 atom stereocenters. The second-order valence-corrected chi connectivity index (χ2v) is 7.81. The average Bonchev–Trinajstić information content (AvgIpc) is 3.07. The standard InChI is InChI=1S/C19H13F5N2O3S/c1-25-11-6-10(21)7-12(8-11)29-15-4-5-16(17-13(15)2-3-14(17)27)30(9-20)26-18(28)19(22,23)24/h4-8,14,27H,2-3,9H2/t14-,30?/m1/s1. The summed E-state index contributed by atoms with van der Waals surface area (Å²) in [6.07, 6.45) is -5.87. The van der Waals surface area contributed by atoms with Gasteiger partial charge in [-0.05, 0) is 47.8 Å². The highest BCUT2D eigenvalue weighted by molar-refractivity contribution is 7.87. The monoisotopic (exact) mass is 444 g/mol. The molecule has 1 unspecified atom stereocenters. The lowest BCUT2D eigenvalue weighted by Crippen LogP contribution is -2.21. The molecule has 11 heteroatoms. The van der Waals surface area contributed by atoms with Gasteiger partial charge in [-0.3, -0.25) is 4.79 Å². The molecule has 0 aromatic heterocycles. The fourth-order valence-electron chi connectivity index (χ4n) is 3.06. The van der Waals surface area contributed by atoms with E-state index in [4.69, 9.17) is 11.3 Å². The zero-order chi connectivity index (χ0) is 22.1. The third-order valence-electron chi connectivity index (χ3n) is 4.28. The molecule has 1 aliphatic rings. The minimum atomic E-state index is -5.23. The van der Waals surface area contributed by atoms with E-state index in [1.54, 1.807) is 0 Å². The maximum absolute atomic E-state index is 13.6. The lowest BCUT2D eigenvalue weighted by atomic mass is 10.1. The van der Waals surface area contributed by atoms with Gasteiger partial charge in [0, 0.05) is 22.1 Å². The van der Waals surface area contributed by atoms with Crippen LogP contribution in [0.2, 0.25) is 0 Å². The second-order valence-electron chi connectivity index (χ2n) is 6.24. The summed E-state index contributed by atoms with van der Waals surface area (Å²) >= 11 is 0. The highest BCUT2D eigenvalue weighted by Crippen LogP contribution is 2.42. The van der Waals surface area contributed by atoms with Gasteiger partial charge in [-0.2, -0.15) is 17.5 Å². The fraction of sp³-hybridized carbons (Fsp3) is 0.263. The molecule has 2 aromatic rings. The molecule has 0 heterocycles. The Bertz CT molecular complexity index is 1080. The highest BCUT2D eigenvalue weighted by Gasteiger charge is 2.39. The van der Waals surface area contributed by atoms with E-state index in [-0.39, 0.29) is 40.5 Å². The van der Waals surface area contributed by atoms with Gasteiger partial charge in [0.2, 0.25) is 0 Å². The van der Waals surface area contributed by atoms with Crippen molar-refractivity contribution < 1.29 is 36.6 Å². The first-order valence-corrected chi connectivity index (χ1v) is 9.78. The van der Waals surface area contributed by atoms with Gasteiger partial charge < -0.3 is 9.84 Å². The van der Waals surface area contributed by atoms with Crippen molar-refractivity contribution in [1.82, 2.24) is 0 Å². The third kappa shape index (κ3) is 4.49. The number of benzene rings is 2. The van der Waals surface area contributed by atoms with Gasteiger partial charge in [-0.15, -0.1) is 0 Å². The summed E-state index contributed by atoms with van der Waals surface area (Å²) in [7, 11) is -2.06. The van der Waals surface area contributed by atoms with Crippen molar-refractivity contribution in [2.45, 2.75) is 30.0 Å². The molecule has 0 bridgehead atoms. The zero-order valence-corrected chi connectivity index (χ0v) is 15.9. The molecule has 0 aliphatic heterocycles. The topological polar surface area (TPSA) is 63.2 Å². The lowest BCUT2D eigenvalue weighted by molar-refractivity contribution is -0.169. The maximum Gasteiger partial charge on any atom is 0.474 e. The molecule has 3 rings (SSSR count). The summed E-state index contributed by atoms with van der Waals surface area (Å²) in [6, 6.07) is 4.57. The number of hydrogen-bond donors (Lipinski definition) is 1. The van der Waals surface area contributed by atoms with Crippen LogP contribution in [0.1, 0.15) is 23.7 Å². The van der Waals surface area contributed by atoms with Crippen LogP contribution in [0.5, 0.6) is 11.5 Å². The van der Waals surface area contributed by atoms with Crippen molar-refractivity contribution in [3.8, 4) is 11.5 Å². The van der Waals surface area contributed by atoms with Gasteiger partial charge in [0.05, 0.1) is 12.7 Å². The Labute approximate surface area is 170 Å². The van der Waals surface area contributed by atoms with Crippen molar-refractivity contribution in [2.24, 2.45) is 4.36 Å². The number of hydrogen-bond acceptors (Lipinski definition) is 3. The van der Waals surface area contributed by atoms with E-state index in [0.717, 1.165) is 12.1 Å². The van der Waals surface area contributed by atoms with Crippen LogP contribution >= 0.6 is 0 Å². The number of aliphatic hydroxyl groups is 1. The van der Waals surface area contributed by atoms with Crippen molar-refractivity contribution in [2.75, 3.05) is 6.01 Å². The molecule has 0 saturated carbocycles. The SMILES string of the molecule is [C-]#[N+]c1cc(F)cc(Oc2ccc(S(CF)=NC(=O)C(F)(F)F)c3c2CC[C@H]3O)c1. The number of rotatable bonds is 4. The number of alkyl halides is 4. The van der Waals surface area contributed by atoms with E-state index >= 15 is 0 Å². The molecule has 1 aliphatic carbocycles. The van der Waals surface area contributed by atoms with Crippen LogP contribution in [0.25, 0.3) is 4.85 Å². The molecule has 0 saturated heterocycles. The molecule has 1 amide bonds. The normalized spacial score (nSPS) is 16.8. The molecule has 1 N–H and O–H groups in total. The number of carbonyl (C=O) groups is 1. The quantitative estimate of drug-likeness (QED) is 0.513. The van der Waals surface area contributed by atoms with Gasteiger partial charge in [0.1, 0.15) is 17.3 Å². The van der Waals surface area contributed by atoms with Crippen LogP contribution in [0.3, 0.4) is 0 Å². The van der Waals surface area contributed by atoms with Gasteiger partial charge in [-0.25, -0.2) is 13.6 Å². The van der Waals surface area contributed by atoms with Crippen molar-refractivity contribution in [3.05, 3.63) is 58.7 Å². The number of aliphatic hydroxyl groups excluding tert-OH is 1. The first kappa shape index (κ1) is 21.9. The predicted octanol–water partition coefficient (Wildman–Crippen LogP) is 5.33. The Morgan fingerprint density at radius 1 is 1.33 bits per heavy atom. The van der Waals surface area contributed by atoms with Crippen LogP contribution in [-0.2, 0) is 21.9 Å². The van der Waals surface area contributed by atoms with E-state index in [0.29, 0.717) is 5.56 Å². The molecule has 5 nitrogen and oxygen atoms in total. The number of fused-ring (bicyclic) bond motifs is 1. The molecule has 158 valence electrons. The van der Waals surface area contributed by atoms with Gasteiger partial charge in [0.25, 0.3) is 0 Å². The van der Waals surface area contributed by atoms with E-state index in [1.807, 2.05) is 0 Å². The smallest absolute Gasteiger partial charge is 0.458 e. The van der Waals surface area contributed by atoms with Gasteiger partial charge in [0.15, 0.2) is 11.7 Å². The van der Waals surface area contributed by atoms with Crippen LogP contribution in [0.15, 0.2) is 39.6 Å². The molecule has 30 heavy (non-hydrogen) atoms. The largest absolute Gasteiger partial charge is 0.474 e. The molecule has 2 aromatic carbocycles. The lowest BCUT2D eigenvalue weighted by Gasteiger charge is -2.17. The minimum Gasteiger partial charge on any atom is -0.458 e. The number of nitrogens with zero attached hydrogens (tertiary/aromatic N) is 2. The minimum absolute atomic E-state index is 0.00161. The number of halogens is 5. The maximum atomic E-state index is 13.6. The highest BCUT2D eigenvalue weighted by atomic mass is 32.2. The van der Waals surface area contributed by atoms with E-state index in [9.17, 15) is 31.9 Å². The molecule has 0 spiro atoms. The molecule has 0 radical (unpaired) electrons. The van der Waals surface area contributed by atoms with E-state index in [2.05, 4.69) is 9.21 Å². The summed E-state index contributed by atoms with van der Waals surface area (Å²) < 4.78 is 73.3. The Morgan fingerprint density at radius 2 is 2.07 bits per heavy atom. The van der Waals surface area contributed by atoms with Gasteiger partial charge >= 0.3 is 12.1 Å². The molecular weight excluding hydrogens is 431 g/mol. The summed E-state index contributed by atoms with van der Waals surface area (Å²) in [6.45, 7) is 6.98. The Hall–Kier alpha value is -2.84. The summed E-state index contributed by atoms with van der Waals surface area (Å²) in [4.78, 5) is 14.3. The van der Waals surface area contributed by atoms with E-state index in [1.165, 1.54) is 18.2 Å². The average molecular weight is 444 g/mol. The second kappa shape index (κ2) is 8.49.